The third-order valence-electron chi connectivity index (χ3n) is 4.17. The Morgan fingerprint density at radius 2 is 1.50 bits per heavy atom. The molecule has 0 amide bonds. The zero-order valence-corrected chi connectivity index (χ0v) is 23.7. The summed E-state index contributed by atoms with van der Waals surface area (Å²) in [5.41, 5.74) is 1.06. The number of hydrogen-bond acceptors (Lipinski definition) is 3. The largest absolute Gasteiger partial charge is 0.451 e. The molecule has 1 aromatic heterocycles. The van der Waals surface area contributed by atoms with Crippen molar-refractivity contribution in [2.45, 2.75) is 32.6 Å². The van der Waals surface area contributed by atoms with Gasteiger partial charge in [0.15, 0.2) is 22.5 Å². The maximum absolute atomic E-state index is 13.1. The molecule has 0 fully saturated rings. The molecule has 5 nitrogen and oxygen atoms in total. The van der Waals surface area contributed by atoms with Crippen LogP contribution in [-0.2, 0) is 11.0 Å². The number of ether oxygens (including phenoxy) is 1. The predicted octanol–water partition coefficient (Wildman–Crippen LogP) is 9.60. The van der Waals surface area contributed by atoms with Crippen molar-refractivity contribution in [2.75, 3.05) is 4.72 Å². The molecule has 36 heavy (non-hydrogen) atoms. The molecule has 4 aromatic rings. The van der Waals surface area contributed by atoms with E-state index in [-0.39, 0.29) is 26.6 Å². The van der Waals surface area contributed by atoms with Crippen LogP contribution in [0, 0.1) is 5.82 Å². The maximum atomic E-state index is 13.1. The van der Waals surface area contributed by atoms with Crippen molar-refractivity contribution in [1.29, 1.82) is 0 Å². The van der Waals surface area contributed by atoms with Crippen LogP contribution in [0.5, 0.6) is 11.5 Å². The van der Waals surface area contributed by atoms with E-state index in [1.165, 1.54) is 41.2 Å². The highest BCUT2D eigenvalue weighted by Crippen LogP contribution is 2.39. The molecule has 0 aliphatic carbocycles. The van der Waals surface area contributed by atoms with E-state index < -0.39 is 11.0 Å². The molecule has 3 aromatic carbocycles. The van der Waals surface area contributed by atoms with Crippen LogP contribution in [0.2, 0.25) is 20.1 Å². The number of rotatable bonds is 6. The van der Waals surface area contributed by atoms with E-state index in [1.54, 1.807) is 30.5 Å². The van der Waals surface area contributed by atoms with Gasteiger partial charge in [-0.2, -0.15) is 5.10 Å². The second-order valence-electron chi connectivity index (χ2n) is 6.41. The minimum absolute atomic E-state index is 0.189. The first-order valence-electron chi connectivity index (χ1n) is 10.9. The Hall–Kier alpha value is -2.29. The van der Waals surface area contributed by atoms with Gasteiger partial charge in [0.05, 0.1) is 38.0 Å². The van der Waals surface area contributed by atoms with Crippen LogP contribution < -0.4 is 9.46 Å². The van der Waals surface area contributed by atoms with E-state index in [0.717, 1.165) is 0 Å². The number of benzene rings is 3. The standard InChI is InChI=1S/C21H12Cl4FN3O2S.2C2H6/c22-12-1-6-20(17(23)7-12)32(30)28-14-8-18(24)21(19(25)9-14)31-16-10-27-29(11-16)15-4-2-13(26)3-5-15;2*1-2/h1-11,28H;2*1-2H3. The van der Waals surface area contributed by atoms with E-state index in [9.17, 15) is 8.60 Å². The van der Waals surface area contributed by atoms with E-state index in [0.29, 0.717) is 27.0 Å². The Labute approximate surface area is 232 Å². The number of hydrogen-bond donors (Lipinski definition) is 1. The fourth-order valence-corrected chi connectivity index (χ4v) is 4.77. The fraction of sp³-hybridized carbons (Fsp3) is 0.160. The van der Waals surface area contributed by atoms with Gasteiger partial charge in [0, 0.05) is 10.7 Å². The van der Waals surface area contributed by atoms with Crippen LogP contribution in [0.15, 0.2) is 71.9 Å². The third kappa shape index (κ3) is 7.85. The lowest BCUT2D eigenvalue weighted by Gasteiger charge is -2.12. The van der Waals surface area contributed by atoms with Gasteiger partial charge in [-0.3, -0.25) is 0 Å². The molecule has 1 atom stereocenters. The summed E-state index contributed by atoms with van der Waals surface area (Å²) in [6, 6.07) is 13.5. The lowest BCUT2D eigenvalue weighted by molar-refractivity contribution is 0.483. The van der Waals surface area contributed by atoms with Gasteiger partial charge < -0.3 is 9.46 Å². The summed E-state index contributed by atoms with van der Waals surface area (Å²) < 4.78 is 35.8. The summed E-state index contributed by atoms with van der Waals surface area (Å²) in [7, 11) is -1.67. The zero-order chi connectivity index (χ0) is 26.8. The first kappa shape index (κ1) is 29.9. The lowest BCUT2D eigenvalue weighted by Crippen LogP contribution is -2.05. The van der Waals surface area contributed by atoms with Crippen molar-refractivity contribution < 1.29 is 13.3 Å². The normalized spacial score (nSPS) is 10.9. The lowest BCUT2D eigenvalue weighted by atomic mass is 10.3. The van der Waals surface area contributed by atoms with Crippen molar-refractivity contribution in [3.05, 3.63) is 92.9 Å². The molecule has 1 unspecified atom stereocenters. The molecule has 11 heteroatoms. The number of anilines is 1. The Balaban J connectivity index is 0.00000109. The van der Waals surface area contributed by atoms with Crippen molar-refractivity contribution in [2.24, 2.45) is 0 Å². The molecular formula is C25H24Cl4FN3O2S. The van der Waals surface area contributed by atoms with Gasteiger partial charge in [-0.1, -0.05) is 74.1 Å². The second-order valence-corrected chi connectivity index (χ2v) is 9.25. The molecule has 192 valence electrons. The molecule has 4 rings (SSSR count). The maximum Gasteiger partial charge on any atom is 0.165 e. The van der Waals surface area contributed by atoms with Crippen molar-refractivity contribution in [3.63, 3.8) is 0 Å². The first-order chi connectivity index (χ1) is 17.3. The van der Waals surface area contributed by atoms with Gasteiger partial charge in [0.1, 0.15) is 5.82 Å². The van der Waals surface area contributed by atoms with Crippen LogP contribution >= 0.6 is 46.4 Å². The third-order valence-corrected chi connectivity index (χ3v) is 6.57. The topological polar surface area (TPSA) is 56.1 Å². The summed E-state index contributed by atoms with van der Waals surface area (Å²) in [5, 5.41) is 5.26. The highest BCUT2D eigenvalue weighted by atomic mass is 35.5. The van der Waals surface area contributed by atoms with Crippen molar-refractivity contribution >= 4 is 63.1 Å². The number of halogens is 5. The first-order valence-corrected chi connectivity index (χ1v) is 13.6. The molecule has 0 aliphatic heterocycles. The molecule has 0 saturated carbocycles. The van der Waals surface area contributed by atoms with Gasteiger partial charge in [0.2, 0.25) is 0 Å². The minimum Gasteiger partial charge on any atom is -0.451 e. The molecule has 0 aliphatic rings. The Morgan fingerprint density at radius 1 is 0.889 bits per heavy atom. The van der Waals surface area contributed by atoms with Gasteiger partial charge >= 0.3 is 0 Å². The highest BCUT2D eigenvalue weighted by Gasteiger charge is 2.15. The SMILES string of the molecule is CC.CC.O=S(Nc1cc(Cl)c(Oc2cnn(-c3ccc(F)cc3)c2)c(Cl)c1)c1ccc(Cl)cc1Cl. The molecule has 1 heterocycles. The van der Waals surface area contributed by atoms with Gasteiger partial charge in [0.25, 0.3) is 0 Å². The van der Waals surface area contributed by atoms with Crippen molar-refractivity contribution in [3.8, 4) is 17.2 Å². The van der Waals surface area contributed by atoms with Gasteiger partial charge in [-0.05, 0) is 54.6 Å². The molecule has 0 saturated heterocycles. The molecular weight excluding hydrogens is 567 g/mol. The van der Waals surface area contributed by atoms with Crippen LogP contribution in [0.4, 0.5) is 10.1 Å². The number of aromatic nitrogens is 2. The quantitative estimate of drug-likeness (QED) is 0.243. The average Bonchev–Trinajstić information content (AvgIpc) is 3.33. The summed E-state index contributed by atoms with van der Waals surface area (Å²) >= 11 is 24.7. The number of nitrogens with one attached hydrogen (secondary N) is 1. The monoisotopic (exact) mass is 589 g/mol. The van der Waals surface area contributed by atoms with E-state index in [1.807, 2.05) is 27.7 Å². The van der Waals surface area contributed by atoms with Crippen LogP contribution in [0.1, 0.15) is 27.7 Å². The van der Waals surface area contributed by atoms with E-state index >= 15 is 0 Å². The zero-order valence-electron chi connectivity index (χ0n) is 19.9. The second kappa shape index (κ2) is 14.4. The van der Waals surface area contributed by atoms with Gasteiger partial charge in [-0.25, -0.2) is 13.3 Å². The van der Waals surface area contributed by atoms with Crippen molar-refractivity contribution in [1.82, 2.24) is 9.78 Å². The van der Waals surface area contributed by atoms with Crippen LogP contribution in [0.25, 0.3) is 5.69 Å². The fourth-order valence-electron chi connectivity index (χ4n) is 2.72. The summed E-state index contributed by atoms with van der Waals surface area (Å²) in [4.78, 5) is 0.358. The Kier molecular flexibility index (Phi) is 12.0. The number of nitrogens with zero attached hydrogens (tertiary/aromatic N) is 2. The summed E-state index contributed by atoms with van der Waals surface area (Å²) in [6.45, 7) is 8.00. The van der Waals surface area contributed by atoms with Crippen LogP contribution in [-0.4, -0.2) is 14.0 Å². The molecule has 1 N–H and O–H groups in total. The minimum atomic E-state index is -1.67. The Morgan fingerprint density at radius 3 is 2.08 bits per heavy atom. The summed E-state index contributed by atoms with van der Waals surface area (Å²) in [6.07, 6.45) is 3.07. The predicted molar refractivity (Wildman–Crippen MR) is 149 cm³/mol. The average molecular weight is 591 g/mol. The van der Waals surface area contributed by atoms with E-state index in [4.69, 9.17) is 51.1 Å². The van der Waals surface area contributed by atoms with E-state index in [2.05, 4.69) is 9.82 Å². The summed E-state index contributed by atoms with van der Waals surface area (Å²) in [5.74, 6) is 0.229. The van der Waals surface area contributed by atoms with Crippen LogP contribution in [0.3, 0.4) is 0 Å². The highest BCUT2D eigenvalue weighted by molar-refractivity contribution is 7.86. The Bertz CT molecular complexity index is 1290. The smallest absolute Gasteiger partial charge is 0.165 e. The molecule has 0 radical (unpaired) electrons. The molecule has 0 spiro atoms. The van der Waals surface area contributed by atoms with Gasteiger partial charge in [-0.15, -0.1) is 0 Å². The molecule has 0 bridgehead atoms.